The first-order chi connectivity index (χ1) is 6.77. The summed E-state index contributed by atoms with van der Waals surface area (Å²) < 4.78 is 0. The van der Waals surface area contributed by atoms with Crippen molar-refractivity contribution in [2.45, 2.75) is 38.5 Å². The standard InChI is InChI=1S/C14H18/c1-10-11(2)14(10)9-5-7-12-6-3-4-8-13(12)14/h3-4,6,8,10-11H,5,7,9H2,1-2H3. The molecule has 2 unspecified atom stereocenters. The van der Waals surface area contributed by atoms with Crippen LogP contribution in [0.4, 0.5) is 0 Å². The average molecular weight is 186 g/mol. The maximum atomic E-state index is 2.42. The minimum absolute atomic E-state index is 0.578. The Bertz CT molecular complexity index is 356. The molecule has 0 heterocycles. The number of rotatable bonds is 0. The Morgan fingerprint density at radius 3 is 2.57 bits per heavy atom. The molecular weight excluding hydrogens is 168 g/mol. The van der Waals surface area contributed by atoms with Crippen molar-refractivity contribution in [2.24, 2.45) is 11.8 Å². The Hall–Kier alpha value is -0.780. The van der Waals surface area contributed by atoms with Gasteiger partial charge in [0.05, 0.1) is 0 Å². The summed E-state index contributed by atoms with van der Waals surface area (Å²) in [6.07, 6.45) is 4.12. The third-order valence-corrected chi connectivity index (χ3v) is 4.82. The minimum atomic E-state index is 0.578. The largest absolute Gasteiger partial charge is 0.0620 e. The molecule has 1 spiro atoms. The molecule has 0 aliphatic heterocycles. The SMILES string of the molecule is CC1C(C)C12CCCc1ccccc12. The number of benzene rings is 1. The summed E-state index contributed by atoms with van der Waals surface area (Å²) in [4.78, 5) is 0. The third kappa shape index (κ3) is 0.846. The van der Waals surface area contributed by atoms with Crippen LogP contribution in [0.15, 0.2) is 24.3 Å². The van der Waals surface area contributed by atoms with Crippen LogP contribution in [0.3, 0.4) is 0 Å². The second-order valence-electron chi connectivity index (χ2n) is 5.13. The third-order valence-electron chi connectivity index (χ3n) is 4.82. The Balaban J connectivity index is 2.13. The smallest absolute Gasteiger partial charge is 0.00127 e. The molecule has 3 rings (SSSR count). The Morgan fingerprint density at radius 2 is 1.86 bits per heavy atom. The van der Waals surface area contributed by atoms with Crippen molar-refractivity contribution in [1.29, 1.82) is 0 Å². The van der Waals surface area contributed by atoms with Crippen LogP contribution >= 0.6 is 0 Å². The monoisotopic (exact) mass is 186 g/mol. The van der Waals surface area contributed by atoms with Gasteiger partial charge in [-0.05, 0) is 42.2 Å². The first-order valence-electron chi connectivity index (χ1n) is 5.85. The lowest BCUT2D eigenvalue weighted by atomic mass is 9.78. The van der Waals surface area contributed by atoms with Gasteiger partial charge in [0.15, 0.2) is 0 Å². The molecule has 0 aromatic heterocycles. The summed E-state index contributed by atoms with van der Waals surface area (Å²) >= 11 is 0. The molecule has 0 amide bonds. The zero-order chi connectivity index (χ0) is 9.76. The van der Waals surface area contributed by atoms with Crippen molar-refractivity contribution < 1.29 is 0 Å². The molecule has 74 valence electrons. The van der Waals surface area contributed by atoms with Gasteiger partial charge in [0, 0.05) is 5.41 Å². The molecule has 2 aliphatic rings. The molecular formula is C14H18. The Labute approximate surface area is 86.3 Å². The maximum Gasteiger partial charge on any atom is 0.00127 e. The van der Waals surface area contributed by atoms with E-state index in [1.807, 2.05) is 0 Å². The molecule has 1 aromatic carbocycles. The van der Waals surface area contributed by atoms with E-state index in [4.69, 9.17) is 0 Å². The van der Waals surface area contributed by atoms with Gasteiger partial charge in [-0.25, -0.2) is 0 Å². The normalized spacial score (nSPS) is 39.6. The minimum Gasteiger partial charge on any atom is -0.0620 e. The van der Waals surface area contributed by atoms with E-state index in [1.165, 1.54) is 19.3 Å². The zero-order valence-electron chi connectivity index (χ0n) is 9.09. The van der Waals surface area contributed by atoms with E-state index in [-0.39, 0.29) is 0 Å². The van der Waals surface area contributed by atoms with Gasteiger partial charge in [-0.1, -0.05) is 38.1 Å². The fourth-order valence-electron chi connectivity index (χ4n) is 3.71. The number of hydrogen-bond acceptors (Lipinski definition) is 0. The fraction of sp³-hybridized carbons (Fsp3) is 0.571. The number of fused-ring (bicyclic) bond motifs is 2. The van der Waals surface area contributed by atoms with Crippen LogP contribution in [0, 0.1) is 11.8 Å². The van der Waals surface area contributed by atoms with Crippen molar-refractivity contribution in [3.05, 3.63) is 35.4 Å². The molecule has 2 atom stereocenters. The van der Waals surface area contributed by atoms with E-state index < -0.39 is 0 Å². The van der Waals surface area contributed by atoms with Crippen molar-refractivity contribution >= 4 is 0 Å². The highest BCUT2D eigenvalue weighted by atomic mass is 14.6. The maximum absolute atomic E-state index is 2.42. The van der Waals surface area contributed by atoms with Crippen LogP contribution < -0.4 is 0 Å². The predicted octanol–water partition coefficient (Wildman–Crippen LogP) is 3.55. The first kappa shape index (κ1) is 8.52. The lowest BCUT2D eigenvalue weighted by molar-refractivity contribution is 0.491. The van der Waals surface area contributed by atoms with Gasteiger partial charge >= 0.3 is 0 Å². The topological polar surface area (TPSA) is 0 Å². The van der Waals surface area contributed by atoms with Crippen LogP contribution in [0.1, 0.15) is 37.8 Å². The van der Waals surface area contributed by atoms with Crippen LogP contribution in [0.5, 0.6) is 0 Å². The van der Waals surface area contributed by atoms with E-state index in [1.54, 1.807) is 11.1 Å². The van der Waals surface area contributed by atoms with Gasteiger partial charge in [-0.15, -0.1) is 0 Å². The molecule has 2 aliphatic carbocycles. The zero-order valence-corrected chi connectivity index (χ0v) is 9.09. The average Bonchev–Trinajstić information content (AvgIpc) is 2.73. The van der Waals surface area contributed by atoms with Crippen LogP contribution in [-0.4, -0.2) is 0 Å². The molecule has 1 aromatic rings. The molecule has 0 bridgehead atoms. The molecule has 0 nitrogen and oxygen atoms in total. The Kier molecular flexibility index (Phi) is 1.60. The highest BCUT2D eigenvalue weighted by Gasteiger charge is 2.60. The number of hydrogen-bond donors (Lipinski definition) is 0. The van der Waals surface area contributed by atoms with Crippen LogP contribution in [0.25, 0.3) is 0 Å². The van der Waals surface area contributed by atoms with Gasteiger partial charge in [-0.3, -0.25) is 0 Å². The highest BCUT2D eigenvalue weighted by molar-refractivity contribution is 5.43. The highest BCUT2D eigenvalue weighted by Crippen LogP contribution is 2.64. The molecule has 0 radical (unpaired) electrons. The van der Waals surface area contributed by atoms with Gasteiger partial charge in [0.25, 0.3) is 0 Å². The summed E-state index contributed by atoms with van der Waals surface area (Å²) in [5.74, 6) is 1.81. The van der Waals surface area contributed by atoms with Crippen molar-refractivity contribution in [3.8, 4) is 0 Å². The van der Waals surface area contributed by atoms with Crippen molar-refractivity contribution in [1.82, 2.24) is 0 Å². The molecule has 0 heteroatoms. The van der Waals surface area contributed by atoms with E-state index in [2.05, 4.69) is 38.1 Å². The van der Waals surface area contributed by atoms with Gasteiger partial charge in [0.2, 0.25) is 0 Å². The van der Waals surface area contributed by atoms with E-state index in [0.717, 1.165) is 11.8 Å². The lowest BCUT2D eigenvalue weighted by Crippen LogP contribution is -2.19. The fourth-order valence-corrected chi connectivity index (χ4v) is 3.71. The van der Waals surface area contributed by atoms with Crippen molar-refractivity contribution in [3.63, 3.8) is 0 Å². The molecule has 1 fully saturated rings. The summed E-state index contributed by atoms with van der Waals surface area (Å²) in [5, 5.41) is 0. The quantitative estimate of drug-likeness (QED) is 0.581. The summed E-state index contributed by atoms with van der Waals surface area (Å²) in [5.41, 5.74) is 3.87. The molecule has 1 saturated carbocycles. The summed E-state index contributed by atoms with van der Waals surface area (Å²) in [7, 11) is 0. The van der Waals surface area contributed by atoms with Gasteiger partial charge < -0.3 is 0 Å². The predicted molar refractivity (Wildman–Crippen MR) is 59.4 cm³/mol. The first-order valence-corrected chi connectivity index (χ1v) is 5.85. The number of aryl methyl sites for hydroxylation is 1. The van der Waals surface area contributed by atoms with Gasteiger partial charge in [-0.2, -0.15) is 0 Å². The van der Waals surface area contributed by atoms with E-state index >= 15 is 0 Å². The van der Waals surface area contributed by atoms with Crippen LogP contribution in [-0.2, 0) is 11.8 Å². The second kappa shape index (κ2) is 2.62. The van der Waals surface area contributed by atoms with Crippen molar-refractivity contribution in [2.75, 3.05) is 0 Å². The van der Waals surface area contributed by atoms with E-state index in [9.17, 15) is 0 Å². The van der Waals surface area contributed by atoms with Gasteiger partial charge in [0.1, 0.15) is 0 Å². The summed E-state index contributed by atoms with van der Waals surface area (Å²) in [6.45, 7) is 4.85. The molecule has 0 N–H and O–H groups in total. The van der Waals surface area contributed by atoms with E-state index in [0.29, 0.717) is 5.41 Å². The van der Waals surface area contributed by atoms with Crippen LogP contribution in [0.2, 0.25) is 0 Å². The summed E-state index contributed by atoms with van der Waals surface area (Å²) in [6, 6.07) is 9.10. The second-order valence-corrected chi connectivity index (χ2v) is 5.13. The molecule has 14 heavy (non-hydrogen) atoms. The molecule has 0 saturated heterocycles. The lowest BCUT2D eigenvalue weighted by Gasteiger charge is -2.27. The Morgan fingerprint density at radius 1 is 1.14 bits per heavy atom.